The van der Waals surface area contributed by atoms with Crippen LogP contribution in [-0.4, -0.2) is 28.0 Å². The molecule has 1 aromatic carbocycles. The fourth-order valence-electron chi connectivity index (χ4n) is 3.67. The van der Waals surface area contributed by atoms with Gasteiger partial charge in [0.05, 0.1) is 21.3 Å². The molecule has 5 nitrogen and oxygen atoms in total. The van der Waals surface area contributed by atoms with Crippen LogP contribution in [0.25, 0.3) is 10.6 Å². The molecule has 4 rings (SSSR count). The van der Waals surface area contributed by atoms with Crippen LogP contribution in [0.5, 0.6) is 0 Å². The summed E-state index contributed by atoms with van der Waals surface area (Å²) in [5.74, 6) is 0.614. The number of piperidine rings is 1. The number of thiazole rings is 1. The van der Waals surface area contributed by atoms with Crippen molar-refractivity contribution in [3.05, 3.63) is 46.7 Å². The van der Waals surface area contributed by atoms with E-state index in [2.05, 4.69) is 45.3 Å². The van der Waals surface area contributed by atoms with Gasteiger partial charge in [-0.05, 0) is 69.9 Å². The Morgan fingerprint density at radius 3 is 2.52 bits per heavy atom. The molecule has 1 fully saturated rings. The maximum atomic E-state index is 4.69. The van der Waals surface area contributed by atoms with E-state index < -0.39 is 0 Å². The Bertz CT molecular complexity index is 943. The molecular weight excluding hydrogens is 354 g/mol. The Morgan fingerprint density at radius 2 is 1.81 bits per heavy atom. The molecule has 3 heterocycles. The van der Waals surface area contributed by atoms with E-state index in [0.29, 0.717) is 5.95 Å². The summed E-state index contributed by atoms with van der Waals surface area (Å²) in [5.41, 5.74) is 5.57. The predicted octanol–water partition coefficient (Wildman–Crippen LogP) is 5.26. The van der Waals surface area contributed by atoms with Crippen LogP contribution >= 0.6 is 11.3 Å². The molecule has 0 spiro atoms. The normalized spacial score (nSPS) is 14.4. The lowest BCUT2D eigenvalue weighted by atomic mass is 10.1. The van der Waals surface area contributed by atoms with Crippen molar-refractivity contribution in [1.29, 1.82) is 0 Å². The summed E-state index contributed by atoms with van der Waals surface area (Å²) < 4.78 is 0. The molecule has 1 aliphatic rings. The summed E-state index contributed by atoms with van der Waals surface area (Å²) in [5, 5.41) is 4.41. The van der Waals surface area contributed by atoms with Crippen molar-refractivity contribution >= 4 is 28.7 Å². The van der Waals surface area contributed by atoms with Crippen molar-refractivity contribution in [2.45, 2.75) is 40.0 Å². The number of hydrogen-bond donors (Lipinski definition) is 1. The first kappa shape index (κ1) is 17.9. The lowest BCUT2D eigenvalue weighted by molar-refractivity contribution is 0.577. The van der Waals surface area contributed by atoms with Gasteiger partial charge in [0.1, 0.15) is 0 Å². The Balaban J connectivity index is 1.55. The van der Waals surface area contributed by atoms with Crippen LogP contribution in [-0.2, 0) is 0 Å². The summed E-state index contributed by atoms with van der Waals surface area (Å²) in [6, 6.07) is 8.45. The number of anilines is 3. The minimum atomic E-state index is 0.614. The molecule has 0 aliphatic carbocycles. The molecule has 0 unspecified atom stereocenters. The number of nitrogens with one attached hydrogen (secondary N) is 1. The van der Waals surface area contributed by atoms with E-state index in [1.54, 1.807) is 17.5 Å². The van der Waals surface area contributed by atoms with Crippen LogP contribution in [0.15, 0.2) is 30.5 Å². The SMILES string of the molecule is Cc1nc(C)c(-c2ccnc(Nc3ccc(N4CCCCC4)c(C)c3)n2)s1. The van der Waals surface area contributed by atoms with Gasteiger partial charge in [0.25, 0.3) is 0 Å². The molecule has 6 heteroatoms. The van der Waals surface area contributed by atoms with Crippen molar-refractivity contribution < 1.29 is 0 Å². The molecule has 27 heavy (non-hydrogen) atoms. The van der Waals surface area contributed by atoms with Crippen molar-refractivity contribution in [1.82, 2.24) is 15.0 Å². The number of aromatic nitrogens is 3. The van der Waals surface area contributed by atoms with E-state index in [9.17, 15) is 0 Å². The standard InChI is InChI=1S/C21H25N5S/c1-14-13-17(7-8-19(14)26-11-5-4-6-12-26)24-21-22-10-9-18(25-21)20-15(2)23-16(3)27-20/h7-10,13H,4-6,11-12H2,1-3H3,(H,22,24,25). The van der Waals surface area contributed by atoms with Crippen molar-refractivity contribution in [3.63, 3.8) is 0 Å². The summed E-state index contributed by atoms with van der Waals surface area (Å²) in [6.45, 7) is 8.54. The number of rotatable bonds is 4. The first-order valence-corrected chi connectivity index (χ1v) is 10.3. The molecule has 140 valence electrons. The minimum absolute atomic E-state index is 0.614. The van der Waals surface area contributed by atoms with E-state index in [1.165, 1.54) is 30.5 Å². The van der Waals surface area contributed by atoms with Crippen LogP contribution < -0.4 is 10.2 Å². The zero-order chi connectivity index (χ0) is 18.8. The monoisotopic (exact) mass is 379 g/mol. The van der Waals surface area contributed by atoms with Gasteiger partial charge in [-0.1, -0.05) is 0 Å². The minimum Gasteiger partial charge on any atom is -0.371 e. The molecule has 0 radical (unpaired) electrons. The fourth-order valence-corrected chi connectivity index (χ4v) is 4.56. The van der Waals surface area contributed by atoms with E-state index in [-0.39, 0.29) is 0 Å². The predicted molar refractivity (Wildman–Crippen MR) is 113 cm³/mol. The quantitative estimate of drug-likeness (QED) is 0.670. The van der Waals surface area contributed by atoms with Crippen LogP contribution in [0.3, 0.4) is 0 Å². The van der Waals surface area contributed by atoms with E-state index in [4.69, 9.17) is 4.98 Å². The third-order valence-corrected chi connectivity index (χ3v) is 6.04. The third-order valence-electron chi connectivity index (χ3n) is 4.94. The van der Waals surface area contributed by atoms with Gasteiger partial charge in [-0.15, -0.1) is 11.3 Å². The van der Waals surface area contributed by atoms with Gasteiger partial charge in [0.15, 0.2) is 0 Å². The van der Waals surface area contributed by atoms with E-state index >= 15 is 0 Å². The number of nitrogens with zero attached hydrogens (tertiary/aromatic N) is 4. The maximum Gasteiger partial charge on any atom is 0.227 e. The van der Waals surface area contributed by atoms with Crippen LogP contribution in [0.4, 0.5) is 17.3 Å². The largest absolute Gasteiger partial charge is 0.371 e. The highest BCUT2D eigenvalue weighted by Crippen LogP contribution is 2.30. The van der Waals surface area contributed by atoms with Gasteiger partial charge in [-0.3, -0.25) is 0 Å². The van der Waals surface area contributed by atoms with Gasteiger partial charge in [-0.25, -0.2) is 15.0 Å². The zero-order valence-electron chi connectivity index (χ0n) is 16.1. The molecule has 3 aromatic rings. The molecular formula is C21H25N5S. The van der Waals surface area contributed by atoms with Crippen molar-refractivity contribution in [2.75, 3.05) is 23.3 Å². The number of hydrogen-bond acceptors (Lipinski definition) is 6. The second kappa shape index (κ2) is 7.64. The molecule has 1 saturated heterocycles. The third kappa shape index (κ3) is 3.95. The van der Waals surface area contributed by atoms with Crippen LogP contribution in [0.2, 0.25) is 0 Å². The Hall–Kier alpha value is -2.47. The summed E-state index contributed by atoms with van der Waals surface area (Å²) in [6.07, 6.45) is 5.73. The van der Waals surface area contributed by atoms with Crippen molar-refractivity contribution in [2.24, 2.45) is 0 Å². The molecule has 0 saturated carbocycles. The average molecular weight is 380 g/mol. The first-order chi connectivity index (χ1) is 13.1. The van der Waals surface area contributed by atoms with Crippen LogP contribution in [0.1, 0.15) is 35.5 Å². The summed E-state index contributed by atoms with van der Waals surface area (Å²) >= 11 is 1.67. The van der Waals surface area contributed by atoms with Crippen LogP contribution in [0, 0.1) is 20.8 Å². The van der Waals surface area contributed by atoms with Gasteiger partial charge in [0, 0.05) is 30.7 Å². The average Bonchev–Trinajstić information content (AvgIpc) is 3.01. The second-order valence-electron chi connectivity index (χ2n) is 7.09. The Morgan fingerprint density at radius 1 is 1.00 bits per heavy atom. The topological polar surface area (TPSA) is 53.9 Å². The smallest absolute Gasteiger partial charge is 0.227 e. The number of aryl methyl sites for hydroxylation is 3. The molecule has 0 amide bonds. The van der Waals surface area contributed by atoms with Gasteiger partial charge < -0.3 is 10.2 Å². The summed E-state index contributed by atoms with van der Waals surface area (Å²) in [4.78, 5) is 17.2. The van der Waals surface area contributed by atoms with Gasteiger partial charge in [0.2, 0.25) is 5.95 Å². The maximum absolute atomic E-state index is 4.69. The molecule has 0 bridgehead atoms. The van der Waals surface area contributed by atoms with E-state index in [0.717, 1.165) is 40.0 Å². The highest BCUT2D eigenvalue weighted by Gasteiger charge is 2.14. The lowest BCUT2D eigenvalue weighted by Gasteiger charge is -2.30. The van der Waals surface area contributed by atoms with Gasteiger partial charge in [-0.2, -0.15) is 0 Å². The number of benzene rings is 1. The van der Waals surface area contributed by atoms with E-state index in [1.807, 2.05) is 19.9 Å². The van der Waals surface area contributed by atoms with Gasteiger partial charge >= 0.3 is 0 Å². The molecule has 1 aliphatic heterocycles. The Labute approximate surface area is 164 Å². The zero-order valence-corrected chi connectivity index (χ0v) is 16.9. The molecule has 1 N–H and O–H groups in total. The summed E-state index contributed by atoms with van der Waals surface area (Å²) in [7, 11) is 0. The molecule has 0 atom stereocenters. The fraction of sp³-hybridized carbons (Fsp3) is 0.381. The highest BCUT2D eigenvalue weighted by molar-refractivity contribution is 7.15. The lowest BCUT2D eigenvalue weighted by Crippen LogP contribution is -2.29. The second-order valence-corrected chi connectivity index (χ2v) is 8.29. The Kier molecular flexibility index (Phi) is 5.07. The molecule has 2 aromatic heterocycles. The highest BCUT2D eigenvalue weighted by atomic mass is 32.1. The van der Waals surface area contributed by atoms with Crippen molar-refractivity contribution in [3.8, 4) is 10.6 Å². The first-order valence-electron chi connectivity index (χ1n) is 9.50.